The Hall–Kier alpha value is -1.69. The molecule has 1 aromatic carbocycles. The molecule has 2 aliphatic heterocycles. The minimum atomic E-state index is -1.11. The standard InChI is InChI=1S/C15H17NO4S/c17-13(16-15(14(18)19)5-6-21-9-15)11-7-10-3-1-2-4-12(10)20-8-11/h1-4,11H,5-9H2,(H,16,17)(H,18,19). The van der Waals surface area contributed by atoms with Gasteiger partial charge in [-0.3, -0.25) is 4.79 Å². The van der Waals surface area contributed by atoms with Gasteiger partial charge in [-0.25, -0.2) is 4.79 Å². The zero-order chi connectivity index (χ0) is 14.9. The molecule has 1 fully saturated rings. The Morgan fingerprint density at radius 3 is 2.90 bits per heavy atom. The van der Waals surface area contributed by atoms with Gasteiger partial charge in [-0.1, -0.05) is 18.2 Å². The summed E-state index contributed by atoms with van der Waals surface area (Å²) in [7, 11) is 0. The van der Waals surface area contributed by atoms with E-state index >= 15 is 0 Å². The van der Waals surface area contributed by atoms with E-state index in [1.54, 1.807) is 11.8 Å². The van der Waals surface area contributed by atoms with Crippen LogP contribution in [0.3, 0.4) is 0 Å². The molecule has 2 heterocycles. The van der Waals surface area contributed by atoms with Crippen molar-refractivity contribution >= 4 is 23.6 Å². The Balaban J connectivity index is 1.71. The zero-order valence-corrected chi connectivity index (χ0v) is 12.3. The van der Waals surface area contributed by atoms with E-state index in [1.807, 2.05) is 24.3 Å². The van der Waals surface area contributed by atoms with Crippen LogP contribution >= 0.6 is 11.8 Å². The number of rotatable bonds is 3. The second-order valence-electron chi connectivity index (χ2n) is 5.50. The second-order valence-corrected chi connectivity index (χ2v) is 6.60. The summed E-state index contributed by atoms with van der Waals surface area (Å²) in [5.41, 5.74) is -0.118. The average Bonchev–Trinajstić information content (AvgIpc) is 2.96. The first-order valence-electron chi connectivity index (χ1n) is 6.95. The summed E-state index contributed by atoms with van der Waals surface area (Å²) in [6, 6.07) is 7.63. The van der Waals surface area contributed by atoms with Crippen LogP contribution in [0, 0.1) is 5.92 Å². The van der Waals surface area contributed by atoms with E-state index in [2.05, 4.69) is 5.32 Å². The van der Waals surface area contributed by atoms with Crippen LogP contribution in [0.15, 0.2) is 24.3 Å². The van der Waals surface area contributed by atoms with Gasteiger partial charge in [0.15, 0.2) is 0 Å². The van der Waals surface area contributed by atoms with Gasteiger partial charge < -0.3 is 15.2 Å². The number of fused-ring (bicyclic) bond motifs is 1. The maximum Gasteiger partial charge on any atom is 0.330 e. The molecule has 5 nitrogen and oxygen atoms in total. The van der Waals surface area contributed by atoms with E-state index in [0.29, 0.717) is 25.2 Å². The minimum absolute atomic E-state index is 0.227. The number of aliphatic carboxylic acids is 1. The highest BCUT2D eigenvalue weighted by atomic mass is 32.2. The van der Waals surface area contributed by atoms with E-state index in [9.17, 15) is 14.7 Å². The lowest BCUT2D eigenvalue weighted by Gasteiger charge is -2.29. The maximum atomic E-state index is 12.4. The van der Waals surface area contributed by atoms with E-state index in [1.165, 1.54) is 0 Å². The number of hydrogen-bond donors (Lipinski definition) is 2. The number of carboxylic acid groups (broad SMARTS) is 1. The molecule has 0 aliphatic carbocycles. The number of amides is 1. The van der Waals surface area contributed by atoms with Gasteiger partial charge in [-0.15, -0.1) is 0 Å². The Kier molecular flexibility index (Phi) is 3.80. The first-order valence-corrected chi connectivity index (χ1v) is 8.10. The fourth-order valence-electron chi connectivity index (χ4n) is 2.72. The highest BCUT2D eigenvalue weighted by Crippen LogP contribution is 2.30. The van der Waals surface area contributed by atoms with Crippen molar-refractivity contribution in [3.05, 3.63) is 29.8 Å². The number of carboxylic acids is 1. The Morgan fingerprint density at radius 1 is 1.38 bits per heavy atom. The number of hydrogen-bond acceptors (Lipinski definition) is 4. The molecule has 1 aromatic rings. The average molecular weight is 307 g/mol. The molecule has 0 saturated carbocycles. The Morgan fingerprint density at radius 2 is 2.19 bits per heavy atom. The lowest BCUT2D eigenvalue weighted by Crippen LogP contribution is -2.57. The zero-order valence-electron chi connectivity index (χ0n) is 11.5. The SMILES string of the molecule is O=C(NC1(C(=O)O)CCSC1)C1COc2ccccc2C1. The van der Waals surface area contributed by atoms with Gasteiger partial charge >= 0.3 is 5.97 Å². The van der Waals surface area contributed by atoms with Gasteiger partial charge in [0.05, 0.1) is 5.92 Å². The molecule has 3 rings (SSSR count). The molecule has 2 N–H and O–H groups in total. The summed E-state index contributed by atoms with van der Waals surface area (Å²) in [6.07, 6.45) is 1.06. The molecule has 6 heteroatoms. The van der Waals surface area contributed by atoms with Crippen LogP contribution in [0.5, 0.6) is 5.75 Å². The van der Waals surface area contributed by atoms with Crippen LogP contribution < -0.4 is 10.1 Å². The number of thioether (sulfide) groups is 1. The Labute approximate surface area is 127 Å². The van der Waals surface area contributed by atoms with Gasteiger partial charge in [-0.05, 0) is 30.2 Å². The third-order valence-electron chi connectivity index (χ3n) is 4.04. The molecule has 1 amide bonds. The molecule has 2 atom stereocenters. The maximum absolute atomic E-state index is 12.4. The minimum Gasteiger partial charge on any atom is -0.492 e. The van der Waals surface area contributed by atoms with Crippen molar-refractivity contribution in [1.82, 2.24) is 5.32 Å². The molecule has 2 aliphatic rings. The van der Waals surface area contributed by atoms with Crippen molar-refractivity contribution in [2.45, 2.75) is 18.4 Å². The van der Waals surface area contributed by atoms with Crippen molar-refractivity contribution < 1.29 is 19.4 Å². The number of carbonyl (C=O) groups is 2. The van der Waals surface area contributed by atoms with Gasteiger partial charge in [-0.2, -0.15) is 11.8 Å². The molecule has 0 spiro atoms. The highest BCUT2D eigenvalue weighted by Gasteiger charge is 2.44. The fraction of sp³-hybridized carbons (Fsp3) is 0.467. The summed E-state index contributed by atoms with van der Waals surface area (Å²) < 4.78 is 5.60. The summed E-state index contributed by atoms with van der Waals surface area (Å²) in [5, 5.41) is 12.2. The summed E-state index contributed by atoms with van der Waals surface area (Å²) >= 11 is 1.56. The smallest absolute Gasteiger partial charge is 0.330 e. The van der Waals surface area contributed by atoms with E-state index in [-0.39, 0.29) is 11.8 Å². The van der Waals surface area contributed by atoms with Crippen molar-refractivity contribution in [2.24, 2.45) is 5.92 Å². The van der Waals surface area contributed by atoms with E-state index < -0.39 is 11.5 Å². The largest absolute Gasteiger partial charge is 0.492 e. The van der Waals surface area contributed by atoms with Gasteiger partial charge in [0.2, 0.25) is 5.91 Å². The molecular formula is C15H17NO4S. The number of benzene rings is 1. The number of ether oxygens (including phenoxy) is 1. The molecule has 0 aromatic heterocycles. The normalized spacial score (nSPS) is 27.5. The van der Waals surface area contributed by atoms with Crippen molar-refractivity contribution in [3.63, 3.8) is 0 Å². The number of carbonyl (C=O) groups excluding carboxylic acids is 1. The van der Waals surface area contributed by atoms with Crippen LogP contribution in [-0.4, -0.2) is 40.6 Å². The monoisotopic (exact) mass is 307 g/mol. The molecular weight excluding hydrogens is 290 g/mol. The van der Waals surface area contributed by atoms with Crippen molar-refractivity contribution in [1.29, 1.82) is 0 Å². The Bertz CT molecular complexity index is 569. The predicted octanol–water partition coefficient (Wildman–Crippen LogP) is 1.31. The third-order valence-corrected chi connectivity index (χ3v) is 5.23. The van der Waals surface area contributed by atoms with Crippen LogP contribution in [0.1, 0.15) is 12.0 Å². The molecule has 21 heavy (non-hydrogen) atoms. The first kappa shape index (κ1) is 14.3. The predicted molar refractivity (Wildman–Crippen MR) is 79.6 cm³/mol. The van der Waals surface area contributed by atoms with Crippen LogP contribution in [0.25, 0.3) is 0 Å². The molecule has 2 unspecified atom stereocenters. The molecule has 112 valence electrons. The van der Waals surface area contributed by atoms with Crippen LogP contribution in [-0.2, 0) is 16.0 Å². The van der Waals surface area contributed by atoms with Crippen molar-refractivity contribution in [3.8, 4) is 5.75 Å². The van der Waals surface area contributed by atoms with E-state index in [4.69, 9.17) is 4.74 Å². The molecule has 0 bridgehead atoms. The molecule has 1 saturated heterocycles. The van der Waals surface area contributed by atoms with Gasteiger partial charge in [0.1, 0.15) is 17.9 Å². The second kappa shape index (κ2) is 5.60. The fourth-order valence-corrected chi connectivity index (χ4v) is 4.05. The summed E-state index contributed by atoms with van der Waals surface area (Å²) in [6.45, 7) is 0.297. The summed E-state index contributed by atoms with van der Waals surface area (Å²) in [4.78, 5) is 23.9. The lowest BCUT2D eigenvalue weighted by molar-refractivity contribution is -0.147. The van der Waals surface area contributed by atoms with Gasteiger partial charge in [0.25, 0.3) is 0 Å². The van der Waals surface area contributed by atoms with Crippen LogP contribution in [0.4, 0.5) is 0 Å². The topological polar surface area (TPSA) is 75.6 Å². The van der Waals surface area contributed by atoms with E-state index in [0.717, 1.165) is 17.1 Å². The lowest BCUT2D eigenvalue weighted by atomic mass is 9.93. The number of nitrogens with one attached hydrogen (secondary N) is 1. The molecule has 0 radical (unpaired) electrons. The number of para-hydroxylation sites is 1. The highest BCUT2D eigenvalue weighted by molar-refractivity contribution is 7.99. The van der Waals surface area contributed by atoms with Crippen LogP contribution in [0.2, 0.25) is 0 Å². The third kappa shape index (κ3) is 2.72. The quantitative estimate of drug-likeness (QED) is 0.881. The van der Waals surface area contributed by atoms with Gasteiger partial charge in [0, 0.05) is 5.75 Å². The summed E-state index contributed by atoms with van der Waals surface area (Å²) in [5.74, 6) is 0.495. The van der Waals surface area contributed by atoms with Crippen molar-refractivity contribution in [2.75, 3.05) is 18.1 Å². The first-order chi connectivity index (χ1) is 10.1.